The summed E-state index contributed by atoms with van der Waals surface area (Å²) in [5.74, 6) is 0. The van der Waals surface area contributed by atoms with Gasteiger partial charge in [0, 0.05) is 34.1 Å². The molecule has 10 rings (SSSR count). The molecule has 270 valence electrons. The van der Waals surface area contributed by atoms with E-state index in [2.05, 4.69) is 252 Å². The molecule has 0 N–H and O–H groups in total. The summed E-state index contributed by atoms with van der Waals surface area (Å²) < 4.78 is 0. The molecule has 1 heterocycles. The van der Waals surface area contributed by atoms with Crippen LogP contribution in [0.1, 0.15) is 0 Å². The molecular formula is C54H40N2Si. The normalized spacial score (nSPS) is 12.4. The lowest BCUT2D eigenvalue weighted by Crippen LogP contribution is -2.72. The molecule has 0 aliphatic carbocycles. The topological polar surface area (TPSA) is 6.48 Å². The minimum atomic E-state index is -2.69. The van der Waals surface area contributed by atoms with Crippen LogP contribution in [-0.2, 0) is 0 Å². The third-order valence-electron chi connectivity index (χ3n) is 11.3. The molecule has 0 amide bonds. The first-order valence-electron chi connectivity index (χ1n) is 19.6. The predicted octanol–water partition coefficient (Wildman–Crippen LogP) is 11.7. The first-order valence-corrected chi connectivity index (χ1v) is 21.6. The molecule has 0 radical (unpaired) electrons. The van der Waals surface area contributed by atoms with Crippen LogP contribution in [0, 0.1) is 0 Å². The average Bonchev–Trinajstić information content (AvgIpc) is 3.60. The molecule has 0 saturated heterocycles. The summed E-state index contributed by atoms with van der Waals surface area (Å²) in [7, 11) is -2.69. The second kappa shape index (κ2) is 14.8. The van der Waals surface area contributed by atoms with E-state index < -0.39 is 8.07 Å². The van der Waals surface area contributed by atoms with Crippen LogP contribution in [0.5, 0.6) is 0 Å². The number of rotatable bonds is 9. The Labute approximate surface area is 336 Å². The van der Waals surface area contributed by atoms with Gasteiger partial charge < -0.3 is 9.80 Å². The Morgan fingerprint density at radius 3 is 1.05 bits per heavy atom. The maximum absolute atomic E-state index is 2.69. The monoisotopic (exact) mass is 744 g/mol. The van der Waals surface area contributed by atoms with E-state index in [-0.39, 0.29) is 0 Å². The van der Waals surface area contributed by atoms with Crippen molar-refractivity contribution in [3.8, 4) is 22.3 Å². The molecule has 3 heteroatoms. The second-order valence-corrected chi connectivity index (χ2v) is 18.2. The number of hydrogen-bond acceptors (Lipinski definition) is 2. The number of anilines is 6. The van der Waals surface area contributed by atoms with Gasteiger partial charge in [0.1, 0.15) is 0 Å². The molecule has 9 aromatic carbocycles. The van der Waals surface area contributed by atoms with E-state index in [1.54, 1.807) is 0 Å². The van der Waals surface area contributed by atoms with Crippen LogP contribution in [0.2, 0.25) is 0 Å². The number of nitrogens with zero attached hydrogens (tertiary/aromatic N) is 2. The first kappa shape index (κ1) is 34.3. The Morgan fingerprint density at radius 2 is 0.614 bits per heavy atom. The molecule has 0 fully saturated rings. The molecule has 0 spiro atoms. The van der Waals surface area contributed by atoms with Gasteiger partial charge in [-0.25, -0.2) is 0 Å². The molecule has 0 aromatic heterocycles. The van der Waals surface area contributed by atoms with Crippen LogP contribution in [0.15, 0.2) is 243 Å². The van der Waals surface area contributed by atoms with Crippen molar-refractivity contribution in [2.75, 3.05) is 9.80 Å². The smallest absolute Gasteiger partial charge is 0.180 e. The van der Waals surface area contributed by atoms with Gasteiger partial charge in [-0.15, -0.1) is 0 Å². The molecule has 9 aromatic rings. The fourth-order valence-corrected chi connectivity index (χ4v) is 14.1. The average molecular weight is 745 g/mol. The largest absolute Gasteiger partial charge is 0.310 e. The second-order valence-electron chi connectivity index (χ2n) is 14.5. The SMILES string of the molecule is c1ccc(N(c2ccccc2)c2cc(-c3cccc4c3-c3ccccc3[Si]4(c3ccccc3)c3ccccc3)cc(N(c3ccccc3)c3ccccc3)c2)cc1. The summed E-state index contributed by atoms with van der Waals surface area (Å²) >= 11 is 0. The lowest BCUT2D eigenvalue weighted by molar-refractivity contribution is 1.25. The highest BCUT2D eigenvalue weighted by Gasteiger charge is 2.49. The third-order valence-corrected chi connectivity index (χ3v) is 16.1. The Morgan fingerprint density at radius 1 is 0.263 bits per heavy atom. The van der Waals surface area contributed by atoms with Crippen molar-refractivity contribution in [2.24, 2.45) is 0 Å². The van der Waals surface area contributed by atoms with Gasteiger partial charge in [0.2, 0.25) is 0 Å². The van der Waals surface area contributed by atoms with Gasteiger partial charge in [-0.1, -0.05) is 176 Å². The third kappa shape index (κ3) is 5.97. The van der Waals surface area contributed by atoms with Crippen molar-refractivity contribution in [3.63, 3.8) is 0 Å². The molecule has 1 aliphatic heterocycles. The van der Waals surface area contributed by atoms with Crippen LogP contribution in [0.3, 0.4) is 0 Å². The van der Waals surface area contributed by atoms with Crippen molar-refractivity contribution in [1.29, 1.82) is 0 Å². The molecule has 1 aliphatic rings. The van der Waals surface area contributed by atoms with Crippen LogP contribution in [0.25, 0.3) is 22.3 Å². The molecular weight excluding hydrogens is 705 g/mol. The molecule has 0 bridgehead atoms. The molecule has 0 atom stereocenters. The van der Waals surface area contributed by atoms with Gasteiger partial charge in [0.15, 0.2) is 8.07 Å². The summed E-state index contributed by atoms with van der Waals surface area (Å²) in [5.41, 5.74) is 11.6. The van der Waals surface area contributed by atoms with Crippen LogP contribution in [0.4, 0.5) is 34.1 Å². The Hall–Kier alpha value is -7.20. The van der Waals surface area contributed by atoms with Crippen LogP contribution < -0.4 is 30.5 Å². The Bertz CT molecular complexity index is 2550. The lowest BCUT2D eigenvalue weighted by atomic mass is 9.93. The number of para-hydroxylation sites is 4. The summed E-state index contributed by atoms with van der Waals surface area (Å²) in [4.78, 5) is 4.76. The first-order chi connectivity index (χ1) is 28.3. The van der Waals surface area contributed by atoms with Crippen molar-refractivity contribution < 1.29 is 0 Å². The van der Waals surface area contributed by atoms with Gasteiger partial charge >= 0.3 is 0 Å². The fraction of sp³-hybridized carbons (Fsp3) is 0. The quantitative estimate of drug-likeness (QED) is 0.136. The number of benzene rings is 9. The van der Waals surface area contributed by atoms with Crippen LogP contribution >= 0.6 is 0 Å². The number of fused-ring (bicyclic) bond motifs is 3. The Balaban J connectivity index is 1.29. The predicted molar refractivity (Wildman–Crippen MR) is 244 cm³/mol. The zero-order chi connectivity index (χ0) is 38.0. The van der Waals surface area contributed by atoms with Crippen molar-refractivity contribution in [1.82, 2.24) is 0 Å². The zero-order valence-corrected chi connectivity index (χ0v) is 32.5. The summed E-state index contributed by atoms with van der Waals surface area (Å²) in [6, 6.07) is 88.7. The highest BCUT2D eigenvalue weighted by Crippen LogP contribution is 2.45. The maximum Gasteiger partial charge on any atom is 0.180 e. The van der Waals surface area contributed by atoms with E-state index in [9.17, 15) is 0 Å². The fourth-order valence-electron chi connectivity index (χ4n) is 8.95. The van der Waals surface area contributed by atoms with Crippen molar-refractivity contribution in [2.45, 2.75) is 0 Å². The lowest BCUT2D eigenvalue weighted by Gasteiger charge is -2.31. The van der Waals surface area contributed by atoms with Crippen molar-refractivity contribution >= 4 is 62.9 Å². The molecule has 0 unspecified atom stereocenters. The van der Waals surface area contributed by atoms with E-state index >= 15 is 0 Å². The van der Waals surface area contributed by atoms with E-state index in [4.69, 9.17) is 0 Å². The van der Waals surface area contributed by atoms with E-state index in [1.807, 2.05) is 0 Å². The van der Waals surface area contributed by atoms with Crippen LogP contribution in [-0.4, -0.2) is 8.07 Å². The van der Waals surface area contributed by atoms with Gasteiger partial charge in [-0.05, 0) is 110 Å². The summed E-state index contributed by atoms with van der Waals surface area (Å²) in [6.07, 6.45) is 0. The Kier molecular flexibility index (Phi) is 8.90. The highest BCUT2D eigenvalue weighted by atomic mass is 28.3. The van der Waals surface area contributed by atoms with E-state index in [0.29, 0.717) is 0 Å². The number of hydrogen-bond donors (Lipinski definition) is 0. The van der Waals surface area contributed by atoms with Gasteiger partial charge in [0.25, 0.3) is 0 Å². The highest BCUT2D eigenvalue weighted by molar-refractivity contribution is 7.22. The maximum atomic E-state index is 2.41. The summed E-state index contributed by atoms with van der Waals surface area (Å²) in [5, 5.41) is 5.66. The van der Waals surface area contributed by atoms with E-state index in [1.165, 1.54) is 37.4 Å². The van der Waals surface area contributed by atoms with Crippen molar-refractivity contribution in [3.05, 3.63) is 243 Å². The summed E-state index contributed by atoms with van der Waals surface area (Å²) in [6.45, 7) is 0. The standard InChI is InChI=1S/C54H40N2Si/c1-7-22-42(23-8-1)55(43-24-9-2-10-25-43)46-38-41(39-47(40-46)56(44-26-11-3-12-27-44)45-28-13-4-14-29-45)50-35-21-37-53-54(50)51-34-19-20-36-52(51)57(53,48-30-15-5-16-31-48)49-32-17-6-18-33-49/h1-40H. The van der Waals surface area contributed by atoms with Gasteiger partial charge in [-0.3, -0.25) is 0 Å². The minimum absolute atomic E-state index is 1.08. The van der Waals surface area contributed by atoms with Gasteiger partial charge in [-0.2, -0.15) is 0 Å². The molecule has 57 heavy (non-hydrogen) atoms. The zero-order valence-electron chi connectivity index (χ0n) is 31.5. The molecule has 0 saturated carbocycles. The molecule has 2 nitrogen and oxygen atoms in total. The van der Waals surface area contributed by atoms with E-state index in [0.717, 1.165) is 39.7 Å². The van der Waals surface area contributed by atoms with Gasteiger partial charge in [0.05, 0.1) is 0 Å². The minimum Gasteiger partial charge on any atom is -0.310 e.